The number of nitrogens with two attached hydrogens (primary N) is 2. The minimum absolute atomic E-state index is 0.235. The number of hydrogen-bond donors (Lipinski definition) is 3. The number of benzene rings is 1. The molecule has 1 aromatic carbocycles. The number of hydrogen-bond acceptors (Lipinski definition) is 7. The summed E-state index contributed by atoms with van der Waals surface area (Å²) in [5.41, 5.74) is 14.8. The molecule has 8 nitrogen and oxygen atoms in total. The van der Waals surface area contributed by atoms with Crippen LogP contribution in [0.4, 0.5) is 16.4 Å². The van der Waals surface area contributed by atoms with Gasteiger partial charge in [-0.25, -0.2) is 4.98 Å². The molecule has 4 rings (SSSR count). The molecule has 1 aliphatic rings. The molecule has 2 aromatic heterocycles. The minimum atomic E-state index is -0.338. The van der Waals surface area contributed by atoms with Gasteiger partial charge >= 0.3 is 0 Å². The lowest BCUT2D eigenvalue weighted by molar-refractivity contribution is 0.102. The summed E-state index contributed by atoms with van der Waals surface area (Å²) < 4.78 is 1.62. The summed E-state index contributed by atoms with van der Waals surface area (Å²) in [5, 5.41) is 7.93. The molecule has 9 heteroatoms. The van der Waals surface area contributed by atoms with Crippen LogP contribution in [-0.4, -0.2) is 40.3 Å². The maximum Gasteiger partial charge on any atom is 0.277 e. The van der Waals surface area contributed by atoms with E-state index in [2.05, 4.69) is 32.4 Å². The second-order valence-corrected chi connectivity index (χ2v) is 8.01. The second-order valence-electron chi connectivity index (χ2n) is 6.98. The van der Waals surface area contributed by atoms with Gasteiger partial charge in [-0.2, -0.15) is 5.10 Å². The molecule has 28 heavy (non-hydrogen) atoms. The Hall–Kier alpha value is -2.91. The Morgan fingerprint density at radius 2 is 2.29 bits per heavy atom. The van der Waals surface area contributed by atoms with Crippen molar-refractivity contribution in [3.63, 3.8) is 0 Å². The third-order valence-electron chi connectivity index (χ3n) is 4.91. The highest BCUT2D eigenvalue weighted by Crippen LogP contribution is 2.33. The number of carbonyl (C=O) groups is 1. The van der Waals surface area contributed by atoms with Gasteiger partial charge in [0.1, 0.15) is 10.0 Å². The standard InChI is InChI=1S/C19H23N7OS/c1-25-11-14(9-22-25)23-18(27)16-17(21)28-19(24-16)13-3-2-4-15(7-13)26-6-5-12(8-20)10-26/h2-4,7,9,11-12H,5-6,8,10,20-21H2,1H3,(H,23,27)/t12-/m0/s1. The number of nitrogens with one attached hydrogen (secondary N) is 1. The van der Waals surface area contributed by atoms with Crippen molar-refractivity contribution in [1.82, 2.24) is 14.8 Å². The van der Waals surface area contributed by atoms with E-state index in [4.69, 9.17) is 11.5 Å². The van der Waals surface area contributed by atoms with Crippen molar-refractivity contribution < 1.29 is 4.79 Å². The Morgan fingerprint density at radius 1 is 1.43 bits per heavy atom. The van der Waals surface area contributed by atoms with Gasteiger partial charge in [-0.1, -0.05) is 23.5 Å². The molecule has 1 aliphatic heterocycles. The van der Waals surface area contributed by atoms with Gasteiger partial charge in [0.2, 0.25) is 0 Å². The van der Waals surface area contributed by atoms with Crippen LogP contribution in [0.25, 0.3) is 10.6 Å². The number of amides is 1. The van der Waals surface area contributed by atoms with E-state index < -0.39 is 0 Å². The molecular weight excluding hydrogens is 374 g/mol. The van der Waals surface area contributed by atoms with E-state index in [0.29, 0.717) is 23.2 Å². The first-order valence-electron chi connectivity index (χ1n) is 9.15. The molecule has 1 fully saturated rings. The molecule has 1 amide bonds. The molecule has 1 saturated heterocycles. The summed E-state index contributed by atoms with van der Waals surface area (Å²) in [4.78, 5) is 19.4. The molecule has 3 aromatic rings. The molecule has 3 heterocycles. The normalized spacial score (nSPS) is 16.5. The van der Waals surface area contributed by atoms with Gasteiger partial charge in [0.05, 0.1) is 11.9 Å². The molecule has 0 spiro atoms. The average Bonchev–Trinajstić information content (AvgIpc) is 3.41. The van der Waals surface area contributed by atoms with E-state index in [9.17, 15) is 4.79 Å². The van der Waals surface area contributed by atoms with Crippen LogP contribution in [0.15, 0.2) is 36.7 Å². The van der Waals surface area contributed by atoms with E-state index in [0.717, 1.165) is 35.8 Å². The quantitative estimate of drug-likeness (QED) is 0.608. The van der Waals surface area contributed by atoms with Crippen LogP contribution in [-0.2, 0) is 7.05 Å². The van der Waals surface area contributed by atoms with Gasteiger partial charge in [-0.15, -0.1) is 0 Å². The van der Waals surface area contributed by atoms with Gasteiger partial charge in [0.15, 0.2) is 5.69 Å². The van der Waals surface area contributed by atoms with Crippen molar-refractivity contribution in [2.75, 3.05) is 35.6 Å². The van der Waals surface area contributed by atoms with E-state index in [1.807, 2.05) is 12.1 Å². The number of aryl methyl sites for hydroxylation is 1. The SMILES string of the molecule is Cn1cc(NC(=O)c2nc(-c3cccc(N4CC[C@@H](CN)C4)c3)sc2N)cn1. The Balaban J connectivity index is 1.55. The van der Waals surface area contributed by atoms with Gasteiger partial charge < -0.3 is 21.7 Å². The summed E-state index contributed by atoms with van der Waals surface area (Å²) in [6, 6.07) is 8.18. The topological polar surface area (TPSA) is 115 Å². The predicted molar refractivity (Wildman–Crippen MR) is 112 cm³/mol. The fourth-order valence-electron chi connectivity index (χ4n) is 3.39. The molecule has 1 atom stereocenters. The van der Waals surface area contributed by atoms with Crippen LogP contribution >= 0.6 is 11.3 Å². The fourth-order valence-corrected chi connectivity index (χ4v) is 4.21. The van der Waals surface area contributed by atoms with Gasteiger partial charge in [-0.05, 0) is 31.0 Å². The third kappa shape index (κ3) is 3.71. The van der Waals surface area contributed by atoms with Crippen molar-refractivity contribution in [3.8, 4) is 10.6 Å². The zero-order chi connectivity index (χ0) is 19.7. The summed E-state index contributed by atoms with van der Waals surface area (Å²) >= 11 is 1.31. The summed E-state index contributed by atoms with van der Waals surface area (Å²) in [6.07, 6.45) is 4.41. The Morgan fingerprint density at radius 3 is 3.00 bits per heavy atom. The molecule has 0 radical (unpaired) electrons. The second kappa shape index (κ2) is 7.61. The zero-order valence-corrected chi connectivity index (χ0v) is 16.4. The van der Waals surface area contributed by atoms with Crippen LogP contribution in [0.3, 0.4) is 0 Å². The van der Waals surface area contributed by atoms with Gasteiger partial charge in [0, 0.05) is 37.6 Å². The highest BCUT2D eigenvalue weighted by atomic mass is 32.1. The third-order valence-corrected chi connectivity index (χ3v) is 5.84. The summed E-state index contributed by atoms with van der Waals surface area (Å²) in [6.45, 7) is 2.69. The number of anilines is 3. The van der Waals surface area contributed by atoms with Crippen molar-refractivity contribution in [3.05, 3.63) is 42.4 Å². The smallest absolute Gasteiger partial charge is 0.277 e. The first kappa shape index (κ1) is 18.5. The van der Waals surface area contributed by atoms with Crippen molar-refractivity contribution >= 4 is 33.6 Å². The lowest BCUT2D eigenvalue weighted by Gasteiger charge is -2.19. The van der Waals surface area contributed by atoms with Crippen molar-refractivity contribution in [1.29, 1.82) is 0 Å². The maximum absolute atomic E-state index is 12.5. The van der Waals surface area contributed by atoms with Crippen molar-refractivity contribution in [2.45, 2.75) is 6.42 Å². The molecule has 0 bridgehead atoms. The number of nitrogens with zero attached hydrogens (tertiary/aromatic N) is 4. The lowest BCUT2D eigenvalue weighted by atomic mass is 10.1. The van der Waals surface area contributed by atoms with Crippen LogP contribution < -0.4 is 21.7 Å². The number of nitrogen functional groups attached to an aromatic ring is 1. The summed E-state index contributed by atoms with van der Waals surface area (Å²) in [5.74, 6) is 0.205. The van der Waals surface area contributed by atoms with Gasteiger partial charge in [0.25, 0.3) is 5.91 Å². The molecule has 0 saturated carbocycles. The van der Waals surface area contributed by atoms with E-state index >= 15 is 0 Å². The zero-order valence-electron chi connectivity index (χ0n) is 15.6. The molecule has 0 aliphatic carbocycles. The molecule has 5 N–H and O–H groups in total. The number of aromatic nitrogens is 3. The highest BCUT2D eigenvalue weighted by Gasteiger charge is 2.22. The minimum Gasteiger partial charge on any atom is -0.389 e. The van der Waals surface area contributed by atoms with Crippen molar-refractivity contribution in [2.24, 2.45) is 18.7 Å². The maximum atomic E-state index is 12.5. The molecular formula is C19H23N7OS. The predicted octanol–water partition coefficient (Wildman–Crippen LogP) is 2.16. The monoisotopic (exact) mass is 397 g/mol. The molecule has 146 valence electrons. The first-order valence-corrected chi connectivity index (χ1v) is 9.97. The van der Waals surface area contributed by atoms with Crippen LogP contribution in [0.2, 0.25) is 0 Å². The number of thiazole rings is 1. The average molecular weight is 398 g/mol. The van der Waals surface area contributed by atoms with Crippen LogP contribution in [0.5, 0.6) is 0 Å². The highest BCUT2D eigenvalue weighted by molar-refractivity contribution is 7.19. The lowest BCUT2D eigenvalue weighted by Crippen LogP contribution is -2.22. The summed E-state index contributed by atoms with van der Waals surface area (Å²) in [7, 11) is 1.79. The Labute approximate surface area is 167 Å². The van der Waals surface area contributed by atoms with E-state index in [1.54, 1.807) is 24.1 Å². The fraction of sp³-hybridized carbons (Fsp3) is 0.316. The molecule has 0 unspecified atom stereocenters. The van der Waals surface area contributed by atoms with Gasteiger partial charge in [-0.3, -0.25) is 9.48 Å². The largest absolute Gasteiger partial charge is 0.389 e. The van der Waals surface area contributed by atoms with Crippen LogP contribution in [0, 0.1) is 5.92 Å². The first-order chi connectivity index (χ1) is 13.5. The Bertz CT molecular complexity index is 996. The number of rotatable bonds is 5. The number of carbonyl (C=O) groups excluding carboxylic acids is 1. The van der Waals surface area contributed by atoms with E-state index in [1.165, 1.54) is 11.3 Å². The van der Waals surface area contributed by atoms with Crippen LogP contribution in [0.1, 0.15) is 16.9 Å². The Kier molecular flexibility index (Phi) is 5.01. The van der Waals surface area contributed by atoms with E-state index in [-0.39, 0.29) is 11.6 Å².